The fourth-order valence-electron chi connectivity index (χ4n) is 3.75. The van der Waals surface area contributed by atoms with Gasteiger partial charge in [0.2, 0.25) is 0 Å². The molecule has 4 aliphatic rings. The lowest BCUT2D eigenvalue weighted by Crippen LogP contribution is -2.46. The van der Waals surface area contributed by atoms with Crippen LogP contribution in [0.1, 0.15) is 6.42 Å². The van der Waals surface area contributed by atoms with Gasteiger partial charge in [-0.3, -0.25) is 9.11 Å². The van der Waals surface area contributed by atoms with Crippen LogP contribution in [0.15, 0.2) is 80.6 Å². The SMILES string of the molecule is O=S(=O)(O)C1=C2/C=C3/C=CC(=N3)/C=c3/cc/c([nH]3)=C/C3=NC(=C\C(S(=O)(=O)O)(C1)N2)/C=C3. The fraction of sp³-hybridized carbons (Fsp3) is 0.100. The summed E-state index contributed by atoms with van der Waals surface area (Å²) in [5.41, 5.74) is 1.41. The highest BCUT2D eigenvalue weighted by Crippen LogP contribution is 2.38. The molecule has 1 aromatic rings. The second kappa shape index (κ2) is 6.84. The molecule has 0 fully saturated rings. The molecule has 0 amide bonds. The van der Waals surface area contributed by atoms with E-state index in [1.54, 1.807) is 30.4 Å². The Morgan fingerprint density at radius 3 is 2.03 bits per heavy atom. The maximum absolute atomic E-state index is 12.4. The van der Waals surface area contributed by atoms with Crippen molar-refractivity contribution in [1.29, 1.82) is 0 Å². The summed E-state index contributed by atoms with van der Waals surface area (Å²) < 4.78 is 68.6. The van der Waals surface area contributed by atoms with Gasteiger partial charge in [-0.05, 0) is 60.7 Å². The topological polar surface area (TPSA) is 161 Å². The number of hydrogen-bond donors (Lipinski definition) is 4. The average molecular weight is 473 g/mol. The van der Waals surface area contributed by atoms with Crippen molar-refractivity contribution in [2.75, 3.05) is 0 Å². The summed E-state index contributed by atoms with van der Waals surface area (Å²) in [6, 6.07) is 3.71. The van der Waals surface area contributed by atoms with Crippen molar-refractivity contribution in [3.63, 3.8) is 0 Å². The summed E-state index contributed by atoms with van der Waals surface area (Å²) in [5, 5.41) is 4.11. The molecule has 0 aliphatic carbocycles. The van der Waals surface area contributed by atoms with Crippen molar-refractivity contribution in [3.05, 3.63) is 81.3 Å². The predicted octanol–water partition coefficient (Wildman–Crippen LogP) is 0.0555. The quantitative estimate of drug-likeness (QED) is 0.442. The smallest absolute Gasteiger partial charge is 0.293 e. The molecule has 1 atom stereocenters. The highest BCUT2D eigenvalue weighted by Gasteiger charge is 2.50. The highest BCUT2D eigenvalue weighted by molar-refractivity contribution is 7.90. The minimum absolute atomic E-state index is 0.191. The van der Waals surface area contributed by atoms with E-state index in [1.807, 2.05) is 12.1 Å². The van der Waals surface area contributed by atoms with E-state index in [0.717, 1.165) is 16.8 Å². The molecular formula is C20H16N4O6S2. The predicted molar refractivity (Wildman–Crippen MR) is 119 cm³/mol. The normalized spacial score (nSPS) is 29.7. The van der Waals surface area contributed by atoms with Crippen LogP contribution in [0.3, 0.4) is 0 Å². The molecule has 32 heavy (non-hydrogen) atoms. The zero-order valence-electron chi connectivity index (χ0n) is 16.2. The van der Waals surface area contributed by atoms with E-state index in [1.165, 1.54) is 12.2 Å². The van der Waals surface area contributed by atoms with Crippen LogP contribution >= 0.6 is 0 Å². The summed E-state index contributed by atoms with van der Waals surface area (Å²) in [5.74, 6) is 0. The summed E-state index contributed by atoms with van der Waals surface area (Å²) in [6.07, 6.45) is 11.7. The summed E-state index contributed by atoms with van der Waals surface area (Å²) in [7, 11) is -9.69. The largest absolute Gasteiger partial charge is 0.360 e. The molecule has 8 bridgehead atoms. The van der Waals surface area contributed by atoms with Gasteiger partial charge in [0.05, 0.1) is 33.4 Å². The van der Waals surface area contributed by atoms with E-state index >= 15 is 0 Å². The summed E-state index contributed by atoms with van der Waals surface area (Å²) in [6.45, 7) is 0. The average Bonchev–Trinajstić information content (AvgIpc) is 3.44. The number of nitrogens with zero attached hydrogens (tertiary/aromatic N) is 2. The number of allylic oxidation sites excluding steroid dienone is 5. The molecule has 4 aliphatic heterocycles. The maximum Gasteiger partial charge on any atom is 0.293 e. The van der Waals surface area contributed by atoms with Gasteiger partial charge >= 0.3 is 0 Å². The first-order valence-corrected chi connectivity index (χ1v) is 12.2. The van der Waals surface area contributed by atoms with Crippen LogP contribution in [0.2, 0.25) is 0 Å². The van der Waals surface area contributed by atoms with Crippen LogP contribution in [0.5, 0.6) is 0 Å². The van der Waals surface area contributed by atoms with Gasteiger partial charge < -0.3 is 10.3 Å². The third kappa shape index (κ3) is 3.62. The molecular weight excluding hydrogens is 456 g/mol. The van der Waals surface area contributed by atoms with Gasteiger partial charge in [0.25, 0.3) is 20.2 Å². The van der Waals surface area contributed by atoms with Gasteiger partial charge in [-0.1, -0.05) is 0 Å². The second-order valence-corrected chi connectivity index (χ2v) is 10.6. The molecule has 0 saturated heterocycles. The highest BCUT2D eigenvalue weighted by atomic mass is 32.2. The maximum atomic E-state index is 12.4. The zero-order valence-corrected chi connectivity index (χ0v) is 17.9. The van der Waals surface area contributed by atoms with Crippen molar-refractivity contribution >= 4 is 43.8 Å². The number of rotatable bonds is 2. The van der Waals surface area contributed by atoms with Crippen molar-refractivity contribution < 1.29 is 25.9 Å². The van der Waals surface area contributed by atoms with E-state index in [4.69, 9.17) is 0 Å². The number of fused-ring (bicyclic) bond motifs is 6. The van der Waals surface area contributed by atoms with Gasteiger partial charge in [0.15, 0.2) is 4.87 Å². The molecule has 0 radical (unpaired) electrons. The van der Waals surface area contributed by atoms with E-state index in [0.29, 0.717) is 17.1 Å². The van der Waals surface area contributed by atoms with Crippen LogP contribution in [0, 0.1) is 0 Å². The summed E-state index contributed by atoms with van der Waals surface area (Å²) in [4.78, 5) is 9.08. The molecule has 1 unspecified atom stereocenters. The Kier molecular flexibility index (Phi) is 4.40. The van der Waals surface area contributed by atoms with Gasteiger partial charge in [-0.15, -0.1) is 0 Å². The minimum Gasteiger partial charge on any atom is -0.360 e. The Morgan fingerprint density at radius 1 is 0.844 bits per heavy atom. The Balaban J connectivity index is 1.79. The molecule has 164 valence electrons. The van der Waals surface area contributed by atoms with E-state index in [-0.39, 0.29) is 11.4 Å². The van der Waals surface area contributed by atoms with Crippen LogP contribution in [0.25, 0.3) is 12.2 Å². The summed E-state index contributed by atoms with van der Waals surface area (Å²) >= 11 is 0. The number of hydrogen-bond acceptors (Lipinski definition) is 7. The molecule has 5 rings (SSSR count). The molecule has 1 aromatic heterocycles. The van der Waals surface area contributed by atoms with E-state index in [2.05, 4.69) is 20.3 Å². The minimum atomic E-state index is -4.89. The Bertz CT molecular complexity index is 1620. The molecule has 5 heterocycles. The molecule has 0 aromatic carbocycles. The van der Waals surface area contributed by atoms with Crippen LogP contribution < -0.4 is 16.0 Å². The number of aliphatic imine (C=N–C) groups is 2. The monoisotopic (exact) mass is 472 g/mol. The van der Waals surface area contributed by atoms with Crippen molar-refractivity contribution in [1.82, 2.24) is 10.3 Å². The first kappa shape index (κ1) is 20.6. The Morgan fingerprint density at radius 2 is 1.44 bits per heavy atom. The molecule has 0 saturated carbocycles. The standard InChI is InChI=1S/C20H16N4O6S2/c25-31(26,27)19-11-20(32(28,29)30)10-17-6-5-15(23-17)8-13-2-1-12(21-13)7-14-3-4-16(22-14)9-18(19)24-20/h1-10,21,24H,11H2,(H,25,26,27)(H,28,29,30)/b12-7-,13-8-,16-9-,17-10-. The van der Waals surface area contributed by atoms with E-state index in [9.17, 15) is 25.9 Å². The van der Waals surface area contributed by atoms with Crippen LogP contribution in [-0.2, 0) is 20.2 Å². The molecule has 0 spiro atoms. The first-order chi connectivity index (χ1) is 15.0. The third-order valence-electron chi connectivity index (χ3n) is 5.22. The van der Waals surface area contributed by atoms with Gasteiger partial charge in [0, 0.05) is 17.1 Å². The van der Waals surface area contributed by atoms with Gasteiger partial charge in [-0.25, -0.2) is 9.98 Å². The Labute approximate surface area is 182 Å². The second-order valence-electron chi connectivity index (χ2n) is 7.51. The van der Waals surface area contributed by atoms with Gasteiger partial charge in [-0.2, -0.15) is 16.8 Å². The molecule has 10 nitrogen and oxygen atoms in total. The number of aromatic nitrogens is 1. The zero-order chi connectivity index (χ0) is 22.7. The van der Waals surface area contributed by atoms with Crippen molar-refractivity contribution in [3.8, 4) is 0 Å². The third-order valence-corrected chi connectivity index (χ3v) is 7.49. The van der Waals surface area contributed by atoms with Crippen LogP contribution in [-0.4, -0.2) is 47.2 Å². The lowest BCUT2D eigenvalue weighted by molar-refractivity contribution is 0.435. The fourth-order valence-corrected chi connectivity index (χ4v) is 5.48. The Hall–Kier alpha value is -3.32. The number of H-pyrrole nitrogens is 1. The van der Waals surface area contributed by atoms with Crippen LogP contribution in [0.4, 0.5) is 0 Å². The number of nitrogens with one attached hydrogen (secondary N) is 2. The molecule has 12 heteroatoms. The van der Waals surface area contributed by atoms with E-state index < -0.39 is 36.4 Å². The number of aromatic amines is 1. The van der Waals surface area contributed by atoms with Gasteiger partial charge in [0.1, 0.15) is 0 Å². The van der Waals surface area contributed by atoms with Crippen molar-refractivity contribution in [2.24, 2.45) is 9.98 Å². The lowest BCUT2D eigenvalue weighted by atomic mass is 10.2. The first-order valence-electron chi connectivity index (χ1n) is 9.33. The lowest BCUT2D eigenvalue weighted by Gasteiger charge is -2.24. The van der Waals surface area contributed by atoms with Crippen molar-refractivity contribution in [2.45, 2.75) is 11.3 Å². The molecule has 4 N–H and O–H groups in total.